The van der Waals surface area contributed by atoms with E-state index in [1.807, 2.05) is 75.6 Å². The summed E-state index contributed by atoms with van der Waals surface area (Å²) in [6.07, 6.45) is 21.3. The Morgan fingerprint density at radius 3 is 1.49 bits per heavy atom. The van der Waals surface area contributed by atoms with Crippen LogP contribution in [0.1, 0.15) is 146 Å². The molecule has 0 saturated heterocycles. The number of para-hydroxylation sites is 2. The highest BCUT2D eigenvalue weighted by Crippen LogP contribution is 2.35. The molecule has 3 amide bonds. The van der Waals surface area contributed by atoms with Gasteiger partial charge in [0.05, 0.1) is 33.8 Å². The zero-order chi connectivity index (χ0) is 53.8. The third-order valence-corrected chi connectivity index (χ3v) is 15.4. The summed E-state index contributed by atoms with van der Waals surface area (Å²) in [6, 6.07) is 17.1. The molecular formula is C58H81Cl3N12O4. The lowest BCUT2D eigenvalue weighted by molar-refractivity contribution is -0.127. The predicted octanol–water partition coefficient (Wildman–Crippen LogP) is 12.9. The molecule has 19 heteroatoms. The minimum absolute atomic E-state index is 0. The second-order valence-electron chi connectivity index (χ2n) is 21.5. The van der Waals surface area contributed by atoms with Crippen LogP contribution >= 0.6 is 35.6 Å². The topological polar surface area (TPSA) is 230 Å². The van der Waals surface area contributed by atoms with Crippen LogP contribution in [0.5, 0.6) is 0 Å². The first kappa shape index (κ1) is 59.0. The van der Waals surface area contributed by atoms with E-state index in [4.69, 9.17) is 45.0 Å². The van der Waals surface area contributed by atoms with E-state index in [2.05, 4.69) is 52.6 Å². The maximum absolute atomic E-state index is 13.1. The van der Waals surface area contributed by atoms with Crippen LogP contribution in [0.2, 0.25) is 10.0 Å². The van der Waals surface area contributed by atoms with Gasteiger partial charge < -0.3 is 47.0 Å². The number of benzene rings is 2. The molecule has 4 fully saturated rings. The van der Waals surface area contributed by atoms with Gasteiger partial charge in [0.1, 0.15) is 5.60 Å². The van der Waals surface area contributed by atoms with Crippen molar-refractivity contribution in [3.8, 4) is 22.5 Å². The van der Waals surface area contributed by atoms with Crippen LogP contribution in [-0.2, 0) is 14.3 Å². The summed E-state index contributed by atoms with van der Waals surface area (Å²) in [6.45, 7) is 7.85. The van der Waals surface area contributed by atoms with Gasteiger partial charge in [-0.15, -0.1) is 12.4 Å². The summed E-state index contributed by atoms with van der Waals surface area (Å²) in [5.74, 6) is 1.50. The van der Waals surface area contributed by atoms with Crippen molar-refractivity contribution in [3.63, 3.8) is 0 Å². The van der Waals surface area contributed by atoms with E-state index < -0.39 is 5.60 Å². The molecule has 4 aromatic heterocycles. The molecule has 4 aliphatic carbocycles. The van der Waals surface area contributed by atoms with Crippen LogP contribution in [0.4, 0.5) is 16.7 Å². The number of amides is 3. The van der Waals surface area contributed by atoms with Gasteiger partial charge >= 0.3 is 6.09 Å². The molecule has 0 aliphatic heterocycles. The lowest BCUT2D eigenvalue weighted by Gasteiger charge is -2.33. The molecule has 4 heterocycles. The molecular weight excluding hydrogens is 1040 g/mol. The summed E-state index contributed by atoms with van der Waals surface area (Å²) in [5, 5.41) is 19.7. The number of hydrogen-bond acceptors (Lipinski definition) is 11. The average molecular weight is 1120 g/mol. The smallest absolute Gasteiger partial charge is 0.407 e. The Hall–Kier alpha value is -5.68. The monoisotopic (exact) mass is 1120 g/mol. The predicted molar refractivity (Wildman–Crippen MR) is 315 cm³/mol. The standard InChI is InChI=1S/C30H39ClN6O3.C25H31ClN6O.C2H6.CH4.ClH/c1-30(2,3)40-29(39)36-19-13-11-18(12-14-19)27(38)34-20-7-6-8-21(15-20)35-28-33-17-24(31)26(37-28)23-16-32-25-10-5-4-9-22(23)25;26-21-14-29-25(32-23(21)20-13-28-22-7-2-1-6-19(20)22)31-18-5-3-4-17(12-18)30-24(33)15-8-10-16(27)11-9-15;1-2;;/h4-5,9-10,16-21,32H,6-8,11-15H2,1-3H3,(H,34,38)(H,36,39)(H,33,35,37);1-2,6-7,13-18,28H,3-5,8-12,27H2,(H,30,33)(H,29,31,32);1-2H3;1H4;1H/t18?,19?,20-,21+;15?,16?,17-,18+;;;/m00.../s1/i;;1D;;. The highest BCUT2D eigenvalue weighted by molar-refractivity contribution is 6.33. The van der Waals surface area contributed by atoms with Crippen molar-refractivity contribution >= 4 is 87.2 Å². The lowest BCUT2D eigenvalue weighted by Crippen LogP contribution is -2.46. The van der Waals surface area contributed by atoms with Crippen LogP contribution in [0.3, 0.4) is 0 Å². The van der Waals surface area contributed by atoms with Crippen molar-refractivity contribution < 1.29 is 20.5 Å². The lowest BCUT2D eigenvalue weighted by atomic mass is 9.84. The van der Waals surface area contributed by atoms with E-state index in [0.717, 1.165) is 136 Å². The third-order valence-electron chi connectivity index (χ3n) is 14.8. The molecule has 4 saturated carbocycles. The first-order valence-electron chi connectivity index (χ1n) is 27.7. The minimum Gasteiger partial charge on any atom is -0.444 e. The van der Waals surface area contributed by atoms with Crippen LogP contribution in [-0.4, -0.2) is 89.7 Å². The average Bonchev–Trinajstić information content (AvgIpc) is 4.06. The highest BCUT2D eigenvalue weighted by atomic mass is 35.5. The number of carbonyl (C=O) groups excluding carboxylic acids is 3. The number of aromatic nitrogens is 6. The van der Waals surface area contributed by atoms with E-state index in [0.29, 0.717) is 40.2 Å². The summed E-state index contributed by atoms with van der Waals surface area (Å²) >= 11 is 13.0. The summed E-state index contributed by atoms with van der Waals surface area (Å²) in [5.41, 5.74) is 10.8. The molecule has 0 bridgehead atoms. The van der Waals surface area contributed by atoms with Crippen molar-refractivity contribution in [1.82, 2.24) is 45.9 Å². The Kier molecular flexibility index (Phi) is 21.7. The molecule has 418 valence electrons. The number of ether oxygens (including phenoxy) is 1. The summed E-state index contributed by atoms with van der Waals surface area (Å²) in [7, 11) is 0. The quantitative estimate of drug-likeness (QED) is 0.0608. The number of aromatic amines is 2. The van der Waals surface area contributed by atoms with Crippen LogP contribution < -0.4 is 32.3 Å². The number of H-pyrrole nitrogens is 2. The molecule has 0 spiro atoms. The van der Waals surface area contributed by atoms with Gasteiger partial charge in [-0.25, -0.2) is 24.7 Å². The number of alkyl carbamates (subject to hydrolysis) is 1. The second-order valence-corrected chi connectivity index (χ2v) is 22.3. The number of nitrogens with two attached hydrogens (primary N) is 1. The fourth-order valence-corrected chi connectivity index (χ4v) is 11.4. The van der Waals surface area contributed by atoms with E-state index in [1.54, 1.807) is 19.3 Å². The van der Waals surface area contributed by atoms with Crippen LogP contribution in [0.15, 0.2) is 73.3 Å². The van der Waals surface area contributed by atoms with E-state index in [1.165, 1.54) is 0 Å². The van der Waals surface area contributed by atoms with Gasteiger partial charge in [-0.3, -0.25) is 9.59 Å². The molecule has 2 aromatic carbocycles. The summed E-state index contributed by atoms with van der Waals surface area (Å²) in [4.78, 5) is 62.8. The van der Waals surface area contributed by atoms with Crippen molar-refractivity contribution in [2.24, 2.45) is 17.6 Å². The molecule has 9 N–H and O–H groups in total. The Morgan fingerprint density at radius 2 is 1.05 bits per heavy atom. The van der Waals surface area contributed by atoms with Gasteiger partial charge in [0, 0.05) is 94.8 Å². The maximum atomic E-state index is 13.1. The number of nitrogens with one attached hydrogen (secondary N) is 7. The molecule has 0 radical (unpaired) electrons. The Balaban J connectivity index is 0.000000238. The molecule has 0 unspecified atom stereocenters. The first-order chi connectivity index (χ1) is 36.6. The Bertz CT molecular complexity index is 2880. The van der Waals surface area contributed by atoms with Gasteiger partial charge in [-0.1, -0.05) is 80.9 Å². The largest absolute Gasteiger partial charge is 0.444 e. The van der Waals surface area contributed by atoms with Gasteiger partial charge in [0.25, 0.3) is 0 Å². The van der Waals surface area contributed by atoms with Crippen LogP contribution in [0, 0.1) is 11.8 Å². The third kappa shape index (κ3) is 16.4. The first-order valence-corrected chi connectivity index (χ1v) is 27.7. The zero-order valence-corrected chi connectivity index (χ0v) is 46.6. The summed E-state index contributed by atoms with van der Waals surface area (Å²) < 4.78 is 11.6. The van der Waals surface area contributed by atoms with Crippen molar-refractivity contribution in [3.05, 3.63) is 83.4 Å². The normalized spacial score (nSPS) is 23.4. The van der Waals surface area contributed by atoms with E-state index >= 15 is 0 Å². The fraction of sp³-hybridized carbons (Fsp3) is 0.534. The highest BCUT2D eigenvalue weighted by Gasteiger charge is 2.32. The molecule has 4 atom stereocenters. The maximum Gasteiger partial charge on any atom is 0.407 e. The molecule has 16 nitrogen and oxygen atoms in total. The number of halogens is 3. The number of carbonyl (C=O) groups is 3. The molecule has 77 heavy (non-hydrogen) atoms. The zero-order valence-electron chi connectivity index (χ0n) is 45.2. The van der Waals surface area contributed by atoms with Gasteiger partial charge in [0.15, 0.2) is 0 Å². The van der Waals surface area contributed by atoms with E-state index in [-0.39, 0.29) is 85.8 Å². The number of rotatable bonds is 11. The molecule has 4 aliphatic rings. The molecule has 10 rings (SSSR count). The number of nitrogens with zero attached hydrogens (tertiary/aromatic N) is 4. The second kappa shape index (κ2) is 28.3. The van der Waals surface area contributed by atoms with Crippen molar-refractivity contribution in [2.75, 3.05) is 10.6 Å². The van der Waals surface area contributed by atoms with Crippen LogP contribution in [0.25, 0.3) is 44.3 Å². The van der Waals surface area contributed by atoms with Gasteiger partial charge in [-0.05, 0) is 136 Å². The minimum atomic E-state index is -0.521. The molecule has 6 aromatic rings. The number of fused-ring (bicyclic) bond motifs is 2. The SMILES string of the molecule is C.CC(C)(C)OC(=O)NC1CCC(C(=O)N[C@H]2CCC[C@@H](Nc3ncc(Cl)c(-c4c[nH]c5ccccc45)n3)C2)CC1.Cl.NC1CCC(C(=O)N[C@H]2CCC[C@@H](Nc3ncc(Cl)c(-c4c[nH]c5ccccc45)n3)C2)CC1.[2H]CC. The Labute approximate surface area is 472 Å². The number of anilines is 2. The van der Waals surface area contributed by atoms with Crippen molar-refractivity contribution in [2.45, 2.75) is 187 Å². The van der Waals surface area contributed by atoms with Gasteiger partial charge in [-0.2, -0.15) is 0 Å². The fourth-order valence-electron chi connectivity index (χ4n) is 11.0. The Morgan fingerprint density at radius 1 is 0.636 bits per heavy atom. The number of hydrogen-bond donors (Lipinski definition) is 8. The van der Waals surface area contributed by atoms with E-state index in [9.17, 15) is 14.4 Å². The van der Waals surface area contributed by atoms with Gasteiger partial charge in [0.2, 0.25) is 23.7 Å². The van der Waals surface area contributed by atoms with Crippen molar-refractivity contribution in [1.29, 1.82) is 0 Å².